The number of rotatable bonds is 5. The summed E-state index contributed by atoms with van der Waals surface area (Å²) in [7, 11) is 0. The second-order valence-electron chi connectivity index (χ2n) is 4.96. The molecule has 0 aliphatic carbocycles. The number of nitrogens with zero attached hydrogens (tertiary/aromatic N) is 2. The molecule has 0 atom stereocenters. The number of anilines is 1. The van der Waals surface area contributed by atoms with E-state index in [0.717, 1.165) is 29.9 Å². The van der Waals surface area contributed by atoms with E-state index in [2.05, 4.69) is 29.1 Å². The average molecular weight is 283 g/mol. The molecule has 0 aliphatic rings. The van der Waals surface area contributed by atoms with Crippen LogP contribution < -0.4 is 10.6 Å². The molecule has 0 fully saturated rings. The first-order chi connectivity index (χ1) is 10.2. The molecule has 2 aromatic rings. The van der Waals surface area contributed by atoms with Crippen LogP contribution in [0.4, 0.5) is 5.69 Å². The molecule has 0 amide bonds. The fourth-order valence-corrected chi connectivity index (χ4v) is 2.49. The third-order valence-corrected chi connectivity index (χ3v) is 3.54. The maximum atomic E-state index is 8.99. The van der Waals surface area contributed by atoms with Gasteiger partial charge in [0.15, 0.2) is 5.84 Å². The minimum absolute atomic E-state index is 0.139. The van der Waals surface area contributed by atoms with E-state index >= 15 is 0 Å². The number of benzene rings is 2. The Hall–Kier alpha value is -2.49. The Morgan fingerprint density at radius 2 is 1.86 bits per heavy atom. The molecule has 2 aromatic carbocycles. The molecular formula is C17H21N3O. The first-order valence-electron chi connectivity index (χ1n) is 7.03. The Morgan fingerprint density at radius 3 is 2.48 bits per heavy atom. The van der Waals surface area contributed by atoms with Crippen molar-refractivity contribution in [1.82, 2.24) is 0 Å². The molecule has 0 spiro atoms. The highest BCUT2D eigenvalue weighted by Crippen LogP contribution is 2.26. The van der Waals surface area contributed by atoms with Crippen LogP contribution in [0.5, 0.6) is 0 Å². The molecule has 0 saturated heterocycles. The Morgan fingerprint density at radius 1 is 1.14 bits per heavy atom. The summed E-state index contributed by atoms with van der Waals surface area (Å²) in [6.07, 6.45) is 0. The van der Waals surface area contributed by atoms with Crippen LogP contribution in [0.25, 0.3) is 0 Å². The van der Waals surface area contributed by atoms with E-state index in [0.29, 0.717) is 0 Å². The highest BCUT2D eigenvalue weighted by atomic mass is 16.4. The average Bonchev–Trinajstić information content (AvgIpc) is 2.53. The van der Waals surface area contributed by atoms with Crippen molar-refractivity contribution in [2.75, 3.05) is 11.4 Å². The highest BCUT2D eigenvalue weighted by molar-refractivity contribution is 6.02. The van der Waals surface area contributed by atoms with Gasteiger partial charge in [-0.05, 0) is 31.0 Å². The smallest absolute Gasteiger partial charge is 0.172 e. The van der Waals surface area contributed by atoms with E-state index in [4.69, 9.17) is 10.9 Å². The first kappa shape index (κ1) is 14.9. The largest absolute Gasteiger partial charge is 0.409 e. The summed E-state index contributed by atoms with van der Waals surface area (Å²) in [5.41, 5.74) is 9.93. The molecule has 0 unspecified atom stereocenters. The van der Waals surface area contributed by atoms with Crippen molar-refractivity contribution in [2.24, 2.45) is 10.9 Å². The second kappa shape index (κ2) is 6.79. The van der Waals surface area contributed by atoms with Crippen LogP contribution in [0, 0.1) is 6.92 Å². The summed E-state index contributed by atoms with van der Waals surface area (Å²) < 4.78 is 0. The van der Waals surface area contributed by atoms with Gasteiger partial charge in [-0.1, -0.05) is 47.6 Å². The van der Waals surface area contributed by atoms with Crippen LogP contribution >= 0.6 is 0 Å². The number of nitrogens with two attached hydrogens (primary N) is 1. The van der Waals surface area contributed by atoms with Gasteiger partial charge in [-0.25, -0.2) is 0 Å². The minimum atomic E-state index is 0.139. The van der Waals surface area contributed by atoms with Crippen molar-refractivity contribution < 1.29 is 5.21 Å². The SMILES string of the molecule is CCN(Cc1ccccc1)c1c(C)cccc1/C(N)=N/O. The van der Waals surface area contributed by atoms with Crippen molar-refractivity contribution in [3.05, 3.63) is 65.2 Å². The molecule has 21 heavy (non-hydrogen) atoms. The van der Waals surface area contributed by atoms with Gasteiger partial charge >= 0.3 is 0 Å². The van der Waals surface area contributed by atoms with Crippen molar-refractivity contribution in [1.29, 1.82) is 0 Å². The lowest BCUT2D eigenvalue weighted by molar-refractivity contribution is 0.318. The van der Waals surface area contributed by atoms with E-state index in [1.54, 1.807) is 0 Å². The summed E-state index contributed by atoms with van der Waals surface area (Å²) in [5.74, 6) is 0.139. The Labute approximate surface area is 125 Å². The highest BCUT2D eigenvalue weighted by Gasteiger charge is 2.15. The minimum Gasteiger partial charge on any atom is -0.409 e. The number of para-hydroxylation sites is 1. The van der Waals surface area contributed by atoms with Crippen LogP contribution in [-0.4, -0.2) is 17.6 Å². The number of aryl methyl sites for hydroxylation is 1. The summed E-state index contributed by atoms with van der Waals surface area (Å²) in [6.45, 7) is 5.77. The summed E-state index contributed by atoms with van der Waals surface area (Å²) in [6, 6.07) is 16.1. The third-order valence-electron chi connectivity index (χ3n) is 3.54. The Bertz CT molecular complexity index is 623. The zero-order valence-electron chi connectivity index (χ0n) is 12.5. The first-order valence-corrected chi connectivity index (χ1v) is 7.03. The van der Waals surface area contributed by atoms with Gasteiger partial charge in [0.2, 0.25) is 0 Å². The van der Waals surface area contributed by atoms with Crippen LogP contribution in [-0.2, 0) is 6.54 Å². The molecule has 3 N–H and O–H groups in total. The number of amidine groups is 1. The van der Waals surface area contributed by atoms with E-state index < -0.39 is 0 Å². The molecule has 0 heterocycles. The zero-order valence-corrected chi connectivity index (χ0v) is 12.5. The molecule has 4 nitrogen and oxygen atoms in total. The van der Waals surface area contributed by atoms with E-state index in [-0.39, 0.29) is 5.84 Å². The molecule has 0 aromatic heterocycles. The van der Waals surface area contributed by atoms with E-state index in [9.17, 15) is 0 Å². The quantitative estimate of drug-likeness (QED) is 0.383. The van der Waals surface area contributed by atoms with Gasteiger partial charge in [0.25, 0.3) is 0 Å². The summed E-state index contributed by atoms with van der Waals surface area (Å²) >= 11 is 0. The van der Waals surface area contributed by atoms with Crippen LogP contribution in [0.1, 0.15) is 23.6 Å². The molecule has 110 valence electrons. The maximum Gasteiger partial charge on any atom is 0.172 e. The van der Waals surface area contributed by atoms with Crippen LogP contribution in [0.2, 0.25) is 0 Å². The predicted molar refractivity (Wildman–Crippen MR) is 86.9 cm³/mol. The zero-order chi connectivity index (χ0) is 15.2. The van der Waals surface area contributed by atoms with Crippen molar-refractivity contribution in [3.63, 3.8) is 0 Å². The lowest BCUT2D eigenvalue weighted by atomic mass is 10.0. The summed E-state index contributed by atoms with van der Waals surface area (Å²) in [4.78, 5) is 2.23. The Kier molecular flexibility index (Phi) is 4.82. The van der Waals surface area contributed by atoms with E-state index in [1.807, 2.05) is 43.3 Å². The van der Waals surface area contributed by atoms with Crippen LogP contribution in [0.3, 0.4) is 0 Å². The van der Waals surface area contributed by atoms with Gasteiger partial charge in [0, 0.05) is 18.7 Å². The molecule has 2 rings (SSSR count). The molecule has 4 heteroatoms. The Balaban J connectivity index is 2.42. The monoisotopic (exact) mass is 283 g/mol. The molecule has 0 aliphatic heterocycles. The predicted octanol–water partition coefficient (Wildman–Crippen LogP) is 3.12. The second-order valence-corrected chi connectivity index (χ2v) is 4.96. The number of hydrogen-bond donors (Lipinski definition) is 2. The van der Waals surface area contributed by atoms with Crippen molar-refractivity contribution >= 4 is 11.5 Å². The third kappa shape index (κ3) is 3.34. The molecule has 0 saturated carbocycles. The lowest BCUT2D eigenvalue weighted by Crippen LogP contribution is -2.27. The van der Waals surface area contributed by atoms with Gasteiger partial charge in [0.1, 0.15) is 0 Å². The van der Waals surface area contributed by atoms with Gasteiger partial charge in [-0.15, -0.1) is 0 Å². The lowest BCUT2D eigenvalue weighted by Gasteiger charge is -2.27. The summed E-state index contributed by atoms with van der Waals surface area (Å²) in [5, 5.41) is 12.1. The van der Waals surface area contributed by atoms with Gasteiger partial charge in [0.05, 0.1) is 5.69 Å². The van der Waals surface area contributed by atoms with Crippen molar-refractivity contribution in [2.45, 2.75) is 20.4 Å². The molecule has 0 bridgehead atoms. The van der Waals surface area contributed by atoms with Crippen molar-refractivity contribution in [3.8, 4) is 0 Å². The standard InChI is InChI=1S/C17H21N3O/c1-3-20(12-14-9-5-4-6-10-14)16-13(2)8-7-11-15(16)17(18)19-21/h4-11,21H,3,12H2,1-2H3,(H2,18,19). The van der Waals surface area contributed by atoms with Crippen LogP contribution in [0.15, 0.2) is 53.7 Å². The van der Waals surface area contributed by atoms with Gasteiger partial charge < -0.3 is 15.8 Å². The normalized spacial score (nSPS) is 11.4. The topological polar surface area (TPSA) is 61.8 Å². The number of oxime groups is 1. The number of hydrogen-bond acceptors (Lipinski definition) is 3. The van der Waals surface area contributed by atoms with E-state index in [1.165, 1.54) is 5.56 Å². The molecular weight excluding hydrogens is 262 g/mol. The van der Waals surface area contributed by atoms with Gasteiger partial charge in [-0.2, -0.15) is 0 Å². The maximum absolute atomic E-state index is 8.99. The fraction of sp³-hybridized carbons (Fsp3) is 0.235. The molecule has 0 radical (unpaired) electrons. The fourth-order valence-electron chi connectivity index (χ4n) is 2.49. The van der Waals surface area contributed by atoms with Gasteiger partial charge in [-0.3, -0.25) is 0 Å².